The molecule has 0 bridgehead atoms. The first-order valence-corrected chi connectivity index (χ1v) is 5.85. The van der Waals surface area contributed by atoms with Crippen LogP contribution < -0.4 is 5.73 Å². The van der Waals surface area contributed by atoms with Gasteiger partial charge < -0.3 is 5.73 Å². The molecule has 1 aliphatic carbocycles. The van der Waals surface area contributed by atoms with E-state index in [1.165, 1.54) is 28.8 Å². The Kier molecular flexibility index (Phi) is 1.93. The van der Waals surface area contributed by atoms with Gasteiger partial charge in [-0.05, 0) is 55.9 Å². The SMILES string of the molecule is Cc1cc(C)c2c(N)c3c(nc2c1)CCC3. The Morgan fingerprint density at radius 1 is 1.19 bits per heavy atom. The van der Waals surface area contributed by atoms with Crippen LogP contribution in [-0.2, 0) is 12.8 Å². The summed E-state index contributed by atoms with van der Waals surface area (Å²) in [7, 11) is 0. The summed E-state index contributed by atoms with van der Waals surface area (Å²) in [6, 6.07) is 4.32. The summed E-state index contributed by atoms with van der Waals surface area (Å²) in [5, 5.41) is 1.16. The molecule has 2 heteroatoms. The van der Waals surface area contributed by atoms with Crippen LogP contribution in [0.1, 0.15) is 28.8 Å². The average molecular weight is 212 g/mol. The second-order valence-corrected chi connectivity index (χ2v) is 4.78. The molecule has 2 N–H and O–H groups in total. The maximum absolute atomic E-state index is 6.28. The number of rotatable bonds is 0. The van der Waals surface area contributed by atoms with Crippen LogP contribution in [0.2, 0.25) is 0 Å². The smallest absolute Gasteiger partial charge is 0.0731 e. The molecule has 1 aromatic heterocycles. The van der Waals surface area contributed by atoms with Gasteiger partial charge in [0.2, 0.25) is 0 Å². The van der Waals surface area contributed by atoms with Crippen LogP contribution >= 0.6 is 0 Å². The van der Waals surface area contributed by atoms with Crippen molar-refractivity contribution in [1.82, 2.24) is 4.98 Å². The molecule has 0 radical (unpaired) electrons. The van der Waals surface area contributed by atoms with Crippen LogP contribution in [0.25, 0.3) is 10.9 Å². The van der Waals surface area contributed by atoms with Gasteiger partial charge in [0.05, 0.1) is 5.52 Å². The first-order valence-electron chi connectivity index (χ1n) is 5.85. The minimum absolute atomic E-state index is 0.968. The lowest BCUT2D eigenvalue weighted by atomic mass is 10.0. The zero-order valence-corrected chi connectivity index (χ0v) is 9.80. The van der Waals surface area contributed by atoms with Crippen molar-refractivity contribution in [3.63, 3.8) is 0 Å². The van der Waals surface area contributed by atoms with Crippen LogP contribution in [0, 0.1) is 13.8 Å². The van der Waals surface area contributed by atoms with Crippen molar-refractivity contribution in [1.29, 1.82) is 0 Å². The summed E-state index contributed by atoms with van der Waals surface area (Å²) >= 11 is 0. The Hall–Kier alpha value is -1.57. The second-order valence-electron chi connectivity index (χ2n) is 4.78. The topological polar surface area (TPSA) is 38.9 Å². The van der Waals surface area contributed by atoms with E-state index < -0.39 is 0 Å². The van der Waals surface area contributed by atoms with Crippen molar-refractivity contribution in [2.75, 3.05) is 5.73 Å². The highest BCUT2D eigenvalue weighted by Gasteiger charge is 2.18. The van der Waals surface area contributed by atoms with Crippen LogP contribution in [-0.4, -0.2) is 4.98 Å². The predicted molar refractivity (Wildman–Crippen MR) is 67.7 cm³/mol. The van der Waals surface area contributed by atoms with E-state index in [9.17, 15) is 0 Å². The summed E-state index contributed by atoms with van der Waals surface area (Å²) in [5.41, 5.74) is 13.3. The fourth-order valence-corrected chi connectivity index (χ4v) is 2.82. The normalized spacial score (nSPS) is 14.4. The number of hydrogen-bond acceptors (Lipinski definition) is 2. The van der Waals surface area contributed by atoms with Crippen molar-refractivity contribution in [2.45, 2.75) is 33.1 Å². The molecule has 82 valence electrons. The Bertz CT molecular complexity index is 585. The lowest BCUT2D eigenvalue weighted by Gasteiger charge is -2.11. The van der Waals surface area contributed by atoms with Crippen molar-refractivity contribution in [2.24, 2.45) is 0 Å². The molecule has 0 aliphatic heterocycles. The zero-order valence-electron chi connectivity index (χ0n) is 9.80. The van der Waals surface area contributed by atoms with Gasteiger partial charge in [0.1, 0.15) is 0 Å². The summed E-state index contributed by atoms with van der Waals surface area (Å²) < 4.78 is 0. The fourth-order valence-electron chi connectivity index (χ4n) is 2.82. The van der Waals surface area contributed by atoms with E-state index in [1.54, 1.807) is 0 Å². The number of pyridine rings is 1. The summed E-state index contributed by atoms with van der Waals surface area (Å²) in [6.07, 6.45) is 3.38. The molecule has 0 spiro atoms. The molecule has 3 rings (SSSR count). The molecule has 1 heterocycles. The molecule has 0 amide bonds. The Morgan fingerprint density at radius 2 is 2.00 bits per heavy atom. The molecular weight excluding hydrogens is 196 g/mol. The Morgan fingerprint density at radius 3 is 2.81 bits per heavy atom. The van der Waals surface area contributed by atoms with Gasteiger partial charge in [-0.3, -0.25) is 4.98 Å². The first-order chi connectivity index (χ1) is 7.66. The molecule has 2 aromatic rings. The number of benzene rings is 1. The fraction of sp³-hybridized carbons (Fsp3) is 0.357. The van der Waals surface area contributed by atoms with E-state index in [-0.39, 0.29) is 0 Å². The maximum Gasteiger partial charge on any atom is 0.0731 e. The largest absolute Gasteiger partial charge is 0.398 e. The number of nitrogen functional groups attached to an aromatic ring is 1. The highest BCUT2D eigenvalue weighted by atomic mass is 14.7. The molecule has 0 atom stereocenters. The molecule has 0 saturated heterocycles. The molecule has 16 heavy (non-hydrogen) atoms. The molecule has 0 saturated carbocycles. The van der Waals surface area contributed by atoms with Gasteiger partial charge in [-0.2, -0.15) is 0 Å². The van der Waals surface area contributed by atoms with Crippen molar-refractivity contribution < 1.29 is 0 Å². The maximum atomic E-state index is 6.28. The van der Waals surface area contributed by atoms with Gasteiger partial charge in [-0.1, -0.05) is 6.07 Å². The highest BCUT2D eigenvalue weighted by Crippen LogP contribution is 2.33. The number of anilines is 1. The van der Waals surface area contributed by atoms with E-state index in [0.717, 1.165) is 29.4 Å². The third kappa shape index (κ3) is 1.22. The van der Waals surface area contributed by atoms with E-state index in [4.69, 9.17) is 10.7 Å². The Balaban J connectivity index is 2.46. The number of aryl methyl sites for hydroxylation is 3. The van der Waals surface area contributed by atoms with Gasteiger partial charge in [0.25, 0.3) is 0 Å². The van der Waals surface area contributed by atoms with E-state index >= 15 is 0 Å². The molecule has 1 aliphatic rings. The summed E-state index contributed by atoms with van der Waals surface area (Å²) in [4.78, 5) is 4.76. The number of aromatic nitrogens is 1. The van der Waals surface area contributed by atoms with Crippen molar-refractivity contribution in [3.05, 3.63) is 34.5 Å². The van der Waals surface area contributed by atoms with Gasteiger partial charge in [0.15, 0.2) is 0 Å². The lowest BCUT2D eigenvalue weighted by molar-refractivity contribution is 0.901. The van der Waals surface area contributed by atoms with Crippen LogP contribution in [0.4, 0.5) is 5.69 Å². The third-order valence-corrected chi connectivity index (χ3v) is 3.50. The molecule has 1 aromatic carbocycles. The number of nitrogens with two attached hydrogens (primary N) is 1. The lowest BCUT2D eigenvalue weighted by Crippen LogP contribution is -2.00. The monoisotopic (exact) mass is 212 g/mol. The Labute approximate surface area is 95.5 Å². The van der Waals surface area contributed by atoms with E-state index in [0.29, 0.717) is 0 Å². The standard InChI is InChI=1S/C14H16N2/c1-8-6-9(2)13-12(7-8)16-11-5-3-4-10(11)14(13)15/h6-7H,3-5H2,1-2H3,(H2,15,16). The zero-order chi connectivity index (χ0) is 11.3. The van der Waals surface area contributed by atoms with Gasteiger partial charge >= 0.3 is 0 Å². The second kappa shape index (κ2) is 3.21. The minimum Gasteiger partial charge on any atom is -0.398 e. The van der Waals surface area contributed by atoms with Gasteiger partial charge in [0, 0.05) is 16.8 Å². The molecule has 0 fully saturated rings. The third-order valence-electron chi connectivity index (χ3n) is 3.50. The molecule has 2 nitrogen and oxygen atoms in total. The molecular formula is C14H16N2. The number of fused-ring (bicyclic) bond motifs is 2. The quantitative estimate of drug-likeness (QED) is 0.729. The van der Waals surface area contributed by atoms with E-state index in [2.05, 4.69) is 26.0 Å². The van der Waals surface area contributed by atoms with Crippen molar-refractivity contribution >= 4 is 16.6 Å². The molecule has 0 unspecified atom stereocenters. The predicted octanol–water partition coefficient (Wildman–Crippen LogP) is 2.92. The van der Waals surface area contributed by atoms with Gasteiger partial charge in [-0.25, -0.2) is 0 Å². The van der Waals surface area contributed by atoms with Crippen molar-refractivity contribution in [3.8, 4) is 0 Å². The minimum atomic E-state index is 0.968. The number of nitrogens with zero attached hydrogens (tertiary/aromatic N) is 1. The van der Waals surface area contributed by atoms with Crippen LogP contribution in [0.15, 0.2) is 12.1 Å². The van der Waals surface area contributed by atoms with Crippen LogP contribution in [0.5, 0.6) is 0 Å². The first kappa shape index (κ1) is 9.64. The summed E-state index contributed by atoms with van der Waals surface area (Å²) in [6.45, 7) is 4.23. The highest BCUT2D eigenvalue weighted by molar-refractivity contribution is 5.95. The number of hydrogen-bond donors (Lipinski definition) is 1. The average Bonchev–Trinajstić information content (AvgIpc) is 2.64. The summed E-state index contributed by atoms with van der Waals surface area (Å²) in [5.74, 6) is 0. The van der Waals surface area contributed by atoms with Crippen LogP contribution in [0.3, 0.4) is 0 Å². The van der Waals surface area contributed by atoms with Gasteiger partial charge in [-0.15, -0.1) is 0 Å². The van der Waals surface area contributed by atoms with E-state index in [1.807, 2.05) is 0 Å².